The molecular weight excluding hydrogens is 759 g/mol. The number of thiophene rings is 1. The summed E-state index contributed by atoms with van der Waals surface area (Å²) in [4.78, 5) is 2.40. The second-order valence-corrected chi connectivity index (χ2v) is 16.7. The van der Waals surface area contributed by atoms with Crippen molar-refractivity contribution in [2.75, 3.05) is 4.90 Å². The van der Waals surface area contributed by atoms with Crippen LogP contribution < -0.4 is 4.90 Å². The van der Waals surface area contributed by atoms with Gasteiger partial charge in [-0.15, -0.1) is 11.3 Å². The van der Waals surface area contributed by atoms with Gasteiger partial charge in [-0.05, 0) is 87.1 Å². The Bertz CT molecular complexity index is 3580. The summed E-state index contributed by atoms with van der Waals surface area (Å²) in [5, 5.41) is 7.37. The van der Waals surface area contributed by atoms with Crippen LogP contribution in [0.2, 0.25) is 0 Å². The quantitative estimate of drug-likeness (QED) is 0.160. The highest BCUT2D eigenvalue weighted by atomic mass is 32.1. The number of nitrogens with zero attached hydrogens (tertiary/aromatic N) is 1. The van der Waals surface area contributed by atoms with Crippen molar-refractivity contribution >= 4 is 81.3 Å². The lowest BCUT2D eigenvalue weighted by atomic mass is 9.97. The number of para-hydroxylation sites is 3. The third-order valence-electron chi connectivity index (χ3n) is 12.1. The van der Waals surface area contributed by atoms with E-state index in [-0.39, 0.29) is 0 Å². The lowest BCUT2D eigenvalue weighted by Gasteiger charge is -2.28. The van der Waals surface area contributed by atoms with Crippen LogP contribution in [0.25, 0.3) is 97.4 Å². The molecule has 0 unspecified atom stereocenters. The molecule has 12 aromatic rings. The van der Waals surface area contributed by atoms with Gasteiger partial charge in [0.15, 0.2) is 0 Å². The Hall–Kier alpha value is -7.72. The molecule has 0 aliphatic rings. The Kier molecular flexibility index (Phi) is 8.39. The van der Waals surface area contributed by atoms with Crippen LogP contribution >= 0.6 is 11.3 Å². The molecule has 2 aromatic heterocycles. The molecule has 0 saturated carbocycles. The fourth-order valence-corrected chi connectivity index (χ4v) is 10.3. The Morgan fingerprint density at radius 1 is 0.344 bits per heavy atom. The van der Waals surface area contributed by atoms with Crippen LogP contribution in [0, 0.1) is 0 Å². The fraction of sp³-hybridized carbons (Fsp3) is 0. The standard InChI is InChI=1S/C58H37NOS/c1-2-12-43-37-44(28-27-38(43)11-1)41-25-23-39(24-26-41)40-29-33-45(34-30-40)59(46-35-31-42(32-36-46)47-16-9-17-51-49-14-4-7-21-55(49)60-57(47)51)54-20-6-3-13-48(54)52-18-10-19-53-50-15-5-8-22-56(50)61-58(52)53/h1-37H. The highest BCUT2D eigenvalue weighted by Gasteiger charge is 2.20. The molecule has 2 nitrogen and oxygen atoms in total. The highest BCUT2D eigenvalue weighted by molar-refractivity contribution is 7.26. The molecule has 0 bridgehead atoms. The molecular formula is C58H37NOS. The first-order valence-corrected chi connectivity index (χ1v) is 21.6. The zero-order valence-corrected chi connectivity index (χ0v) is 33.9. The van der Waals surface area contributed by atoms with Crippen LogP contribution in [0.1, 0.15) is 0 Å². The van der Waals surface area contributed by atoms with Gasteiger partial charge >= 0.3 is 0 Å². The minimum Gasteiger partial charge on any atom is -0.455 e. The summed E-state index contributed by atoms with van der Waals surface area (Å²) in [6.07, 6.45) is 0. The van der Waals surface area contributed by atoms with E-state index < -0.39 is 0 Å². The Balaban J connectivity index is 0.957. The molecule has 0 radical (unpaired) electrons. The number of hydrogen-bond donors (Lipinski definition) is 0. The van der Waals surface area contributed by atoms with E-state index in [0.29, 0.717) is 0 Å². The maximum Gasteiger partial charge on any atom is 0.143 e. The van der Waals surface area contributed by atoms with Crippen molar-refractivity contribution < 1.29 is 4.42 Å². The van der Waals surface area contributed by atoms with Gasteiger partial charge in [-0.3, -0.25) is 0 Å². The maximum absolute atomic E-state index is 6.46. The van der Waals surface area contributed by atoms with Gasteiger partial charge < -0.3 is 9.32 Å². The summed E-state index contributed by atoms with van der Waals surface area (Å²) in [5.41, 5.74) is 14.5. The second-order valence-electron chi connectivity index (χ2n) is 15.6. The third-order valence-corrected chi connectivity index (χ3v) is 13.3. The summed E-state index contributed by atoms with van der Waals surface area (Å²) in [5.74, 6) is 0. The van der Waals surface area contributed by atoms with E-state index in [9.17, 15) is 0 Å². The zero-order valence-electron chi connectivity index (χ0n) is 33.1. The Morgan fingerprint density at radius 2 is 0.885 bits per heavy atom. The normalized spacial score (nSPS) is 11.6. The maximum atomic E-state index is 6.46. The minimum atomic E-state index is 0.905. The van der Waals surface area contributed by atoms with Crippen LogP contribution in [0.5, 0.6) is 0 Å². The first-order chi connectivity index (χ1) is 30.2. The number of rotatable bonds is 7. The van der Waals surface area contributed by atoms with Gasteiger partial charge in [0, 0.05) is 59.0 Å². The van der Waals surface area contributed by atoms with Crippen molar-refractivity contribution in [1.29, 1.82) is 0 Å². The van der Waals surface area contributed by atoms with E-state index in [1.54, 1.807) is 0 Å². The first-order valence-electron chi connectivity index (χ1n) is 20.7. The average Bonchev–Trinajstić information content (AvgIpc) is 3.91. The lowest BCUT2D eigenvalue weighted by Crippen LogP contribution is -2.11. The molecule has 2 heterocycles. The van der Waals surface area contributed by atoms with Gasteiger partial charge in [-0.1, -0.05) is 176 Å². The van der Waals surface area contributed by atoms with Gasteiger partial charge in [-0.2, -0.15) is 0 Å². The topological polar surface area (TPSA) is 16.4 Å². The molecule has 0 fully saturated rings. The van der Waals surface area contributed by atoms with Gasteiger partial charge in [0.2, 0.25) is 0 Å². The number of furan rings is 1. The van der Waals surface area contributed by atoms with E-state index in [4.69, 9.17) is 4.42 Å². The summed E-state index contributed by atoms with van der Waals surface area (Å²) < 4.78 is 9.06. The third kappa shape index (κ3) is 6.09. The van der Waals surface area contributed by atoms with Crippen molar-refractivity contribution in [2.45, 2.75) is 0 Å². The molecule has 0 atom stereocenters. The Labute approximate surface area is 357 Å². The molecule has 0 aliphatic heterocycles. The van der Waals surface area contributed by atoms with Gasteiger partial charge in [0.05, 0.1) is 5.69 Å². The summed E-state index contributed by atoms with van der Waals surface area (Å²) in [6, 6.07) is 81.1. The van der Waals surface area contributed by atoms with Crippen molar-refractivity contribution in [3.63, 3.8) is 0 Å². The van der Waals surface area contributed by atoms with Gasteiger partial charge in [0.1, 0.15) is 11.2 Å². The SMILES string of the molecule is c1ccc(N(c2ccc(-c3ccc(-c4ccc5ccccc5c4)cc3)cc2)c2ccc(-c3cccc4c3oc3ccccc34)cc2)c(-c2cccc3c2sc2ccccc23)c1. The molecule has 0 aliphatic carbocycles. The molecule has 3 heteroatoms. The molecule has 0 saturated heterocycles. The van der Waals surface area contributed by atoms with Crippen molar-refractivity contribution in [1.82, 2.24) is 0 Å². The summed E-state index contributed by atoms with van der Waals surface area (Å²) in [6.45, 7) is 0. The van der Waals surface area contributed by atoms with Gasteiger partial charge in [-0.25, -0.2) is 0 Å². The molecule has 0 N–H and O–H groups in total. The predicted octanol–water partition coefficient (Wildman–Crippen LogP) is 17.2. The number of anilines is 3. The monoisotopic (exact) mass is 795 g/mol. The molecule has 0 spiro atoms. The summed E-state index contributed by atoms with van der Waals surface area (Å²) >= 11 is 1.87. The molecule has 10 aromatic carbocycles. The largest absolute Gasteiger partial charge is 0.455 e. The van der Waals surface area contributed by atoms with Crippen LogP contribution in [-0.2, 0) is 0 Å². The fourth-order valence-electron chi connectivity index (χ4n) is 9.07. The minimum absolute atomic E-state index is 0.905. The zero-order chi connectivity index (χ0) is 40.3. The van der Waals surface area contributed by atoms with Crippen molar-refractivity contribution in [3.05, 3.63) is 224 Å². The van der Waals surface area contributed by atoms with Crippen molar-refractivity contribution in [3.8, 4) is 44.5 Å². The number of hydrogen-bond acceptors (Lipinski definition) is 3. The summed E-state index contributed by atoms with van der Waals surface area (Å²) in [7, 11) is 0. The van der Waals surface area contributed by atoms with Crippen molar-refractivity contribution in [2.24, 2.45) is 0 Å². The molecule has 0 amide bonds. The number of fused-ring (bicyclic) bond motifs is 7. The molecule has 61 heavy (non-hydrogen) atoms. The smallest absolute Gasteiger partial charge is 0.143 e. The predicted molar refractivity (Wildman–Crippen MR) is 261 cm³/mol. The molecule has 286 valence electrons. The average molecular weight is 796 g/mol. The molecule has 12 rings (SSSR count). The lowest BCUT2D eigenvalue weighted by molar-refractivity contribution is 0.670. The second kappa shape index (κ2) is 14.5. The van der Waals surface area contributed by atoms with Crippen LogP contribution in [-0.4, -0.2) is 0 Å². The number of benzene rings is 10. The highest BCUT2D eigenvalue weighted by Crippen LogP contribution is 2.46. The van der Waals surface area contributed by atoms with E-state index in [1.807, 2.05) is 23.5 Å². The van der Waals surface area contributed by atoms with Crippen LogP contribution in [0.15, 0.2) is 229 Å². The first kappa shape index (κ1) is 35.2. The van der Waals surface area contributed by atoms with Gasteiger partial charge in [0.25, 0.3) is 0 Å². The Morgan fingerprint density at radius 3 is 1.67 bits per heavy atom. The van der Waals surface area contributed by atoms with E-state index in [2.05, 4.69) is 217 Å². The van der Waals surface area contributed by atoms with Crippen LogP contribution in [0.4, 0.5) is 17.1 Å². The van der Waals surface area contributed by atoms with E-state index >= 15 is 0 Å². The van der Waals surface area contributed by atoms with Crippen LogP contribution in [0.3, 0.4) is 0 Å². The van der Waals surface area contributed by atoms with E-state index in [0.717, 1.165) is 50.1 Å². The van der Waals surface area contributed by atoms with E-state index in [1.165, 1.54) is 64.3 Å².